The number of rotatable bonds is 3. The van der Waals surface area contributed by atoms with Crippen molar-refractivity contribution in [2.45, 2.75) is 30.9 Å². The summed E-state index contributed by atoms with van der Waals surface area (Å²) in [5, 5.41) is 0. The molecule has 2 heterocycles. The minimum absolute atomic E-state index is 0.00842. The molecule has 25 heavy (non-hydrogen) atoms. The second kappa shape index (κ2) is 6.98. The summed E-state index contributed by atoms with van der Waals surface area (Å²) in [5.74, 6) is 0.347. The van der Waals surface area contributed by atoms with E-state index in [9.17, 15) is 4.79 Å². The predicted octanol–water partition coefficient (Wildman–Crippen LogP) is 2.64. The zero-order chi connectivity index (χ0) is 17.2. The molecule has 0 aliphatic carbocycles. The highest BCUT2D eigenvalue weighted by atomic mass is 16.5. The van der Waals surface area contributed by atoms with Gasteiger partial charge in [0.15, 0.2) is 0 Å². The van der Waals surface area contributed by atoms with E-state index in [2.05, 4.69) is 24.3 Å². The standard InChI is InChI=1S/C21H24N2O2/c22-19-14-23(13-18(19)15-6-2-1-3-7-15)21(24)12-20-17-9-5-4-8-16(17)10-11-25-20/h1-9,18-20H,10-14,22H2/t18-,19+,20?/m0/s1. The monoisotopic (exact) mass is 336 g/mol. The highest BCUT2D eigenvalue weighted by Gasteiger charge is 2.35. The van der Waals surface area contributed by atoms with Crippen LogP contribution in [0.15, 0.2) is 54.6 Å². The van der Waals surface area contributed by atoms with Crippen molar-refractivity contribution in [2.24, 2.45) is 5.73 Å². The first-order valence-electron chi connectivity index (χ1n) is 9.00. The van der Waals surface area contributed by atoms with Crippen LogP contribution in [0.1, 0.15) is 35.1 Å². The van der Waals surface area contributed by atoms with Gasteiger partial charge in [-0.15, -0.1) is 0 Å². The van der Waals surface area contributed by atoms with Crippen LogP contribution >= 0.6 is 0 Å². The second-order valence-corrected chi connectivity index (χ2v) is 6.99. The number of benzene rings is 2. The summed E-state index contributed by atoms with van der Waals surface area (Å²) >= 11 is 0. The normalized spacial score (nSPS) is 25.6. The molecule has 2 aliphatic heterocycles. The van der Waals surface area contributed by atoms with Crippen LogP contribution in [0.2, 0.25) is 0 Å². The average molecular weight is 336 g/mol. The fourth-order valence-electron chi connectivity index (χ4n) is 4.02. The molecule has 0 spiro atoms. The Labute approximate surface area is 148 Å². The number of ether oxygens (including phenoxy) is 1. The lowest BCUT2D eigenvalue weighted by Gasteiger charge is -2.27. The SMILES string of the molecule is N[C@@H]1CN(C(=O)CC2OCCc3ccccc32)C[C@H]1c1ccccc1. The first kappa shape index (κ1) is 16.3. The maximum absolute atomic E-state index is 12.8. The number of hydrogen-bond acceptors (Lipinski definition) is 3. The third kappa shape index (κ3) is 3.32. The summed E-state index contributed by atoms with van der Waals surface area (Å²) in [4.78, 5) is 14.7. The Morgan fingerprint density at radius 2 is 1.84 bits per heavy atom. The van der Waals surface area contributed by atoms with Gasteiger partial charge in [0.2, 0.25) is 5.91 Å². The third-order valence-corrected chi connectivity index (χ3v) is 5.40. The van der Waals surface area contributed by atoms with Crippen LogP contribution in [0.3, 0.4) is 0 Å². The molecule has 2 aromatic rings. The molecule has 130 valence electrons. The molecule has 1 saturated heterocycles. The van der Waals surface area contributed by atoms with E-state index in [1.807, 2.05) is 35.2 Å². The first-order valence-corrected chi connectivity index (χ1v) is 9.00. The number of hydrogen-bond donors (Lipinski definition) is 1. The third-order valence-electron chi connectivity index (χ3n) is 5.40. The molecule has 4 nitrogen and oxygen atoms in total. The number of fused-ring (bicyclic) bond motifs is 1. The molecular weight excluding hydrogens is 312 g/mol. The summed E-state index contributed by atoms with van der Waals surface area (Å²) in [6.45, 7) is 1.99. The van der Waals surface area contributed by atoms with E-state index >= 15 is 0 Å². The quantitative estimate of drug-likeness (QED) is 0.937. The Kier molecular flexibility index (Phi) is 4.55. The van der Waals surface area contributed by atoms with Gasteiger partial charge in [0, 0.05) is 25.0 Å². The van der Waals surface area contributed by atoms with Gasteiger partial charge < -0.3 is 15.4 Å². The smallest absolute Gasteiger partial charge is 0.225 e. The second-order valence-electron chi connectivity index (χ2n) is 6.99. The highest BCUT2D eigenvalue weighted by molar-refractivity contribution is 5.77. The summed E-state index contributed by atoms with van der Waals surface area (Å²) in [7, 11) is 0. The first-order chi connectivity index (χ1) is 12.2. The Bertz CT molecular complexity index is 747. The van der Waals surface area contributed by atoms with Crippen molar-refractivity contribution in [3.8, 4) is 0 Å². The molecule has 2 aliphatic rings. The van der Waals surface area contributed by atoms with Crippen molar-refractivity contribution in [2.75, 3.05) is 19.7 Å². The zero-order valence-electron chi connectivity index (χ0n) is 14.3. The number of nitrogens with zero attached hydrogens (tertiary/aromatic N) is 1. The average Bonchev–Trinajstić information content (AvgIpc) is 3.05. The van der Waals surface area contributed by atoms with Gasteiger partial charge in [-0.25, -0.2) is 0 Å². The van der Waals surface area contributed by atoms with Crippen LogP contribution in [0.5, 0.6) is 0 Å². The Morgan fingerprint density at radius 3 is 2.68 bits per heavy atom. The Hall–Kier alpha value is -2.17. The summed E-state index contributed by atoms with van der Waals surface area (Å²) in [5.41, 5.74) is 9.99. The molecule has 4 heteroatoms. The van der Waals surface area contributed by atoms with Gasteiger partial charge in [-0.05, 0) is 23.1 Å². The van der Waals surface area contributed by atoms with Crippen LogP contribution in [0.4, 0.5) is 0 Å². The molecule has 1 fully saturated rings. The molecule has 0 aromatic heterocycles. The van der Waals surface area contributed by atoms with Gasteiger partial charge in [0.1, 0.15) is 0 Å². The van der Waals surface area contributed by atoms with E-state index < -0.39 is 0 Å². The van der Waals surface area contributed by atoms with Crippen LogP contribution in [0, 0.1) is 0 Å². The lowest BCUT2D eigenvalue weighted by molar-refractivity contribution is -0.133. The van der Waals surface area contributed by atoms with E-state index in [-0.39, 0.29) is 24.0 Å². The van der Waals surface area contributed by atoms with Crippen LogP contribution in [-0.4, -0.2) is 36.5 Å². The van der Waals surface area contributed by atoms with Gasteiger partial charge in [-0.1, -0.05) is 54.6 Å². The van der Waals surface area contributed by atoms with Crippen molar-refractivity contribution in [1.29, 1.82) is 0 Å². The number of nitrogens with two attached hydrogens (primary N) is 1. The van der Waals surface area contributed by atoms with Crippen molar-refractivity contribution >= 4 is 5.91 Å². The van der Waals surface area contributed by atoms with Gasteiger partial charge in [-0.3, -0.25) is 4.79 Å². The molecule has 0 saturated carbocycles. The summed E-state index contributed by atoms with van der Waals surface area (Å²) in [6, 6.07) is 18.5. The van der Waals surface area contributed by atoms with E-state index in [0.29, 0.717) is 26.1 Å². The van der Waals surface area contributed by atoms with Crippen molar-refractivity contribution in [1.82, 2.24) is 4.90 Å². The molecule has 1 unspecified atom stereocenters. The molecule has 2 aromatic carbocycles. The molecular formula is C21H24N2O2. The zero-order valence-corrected chi connectivity index (χ0v) is 14.3. The van der Waals surface area contributed by atoms with Crippen molar-refractivity contribution < 1.29 is 9.53 Å². The number of carbonyl (C=O) groups excluding carboxylic acids is 1. The number of carbonyl (C=O) groups is 1. The van der Waals surface area contributed by atoms with Crippen LogP contribution in [0.25, 0.3) is 0 Å². The molecule has 4 rings (SSSR count). The topological polar surface area (TPSA) is 55.6 Å². The lowest BCUT2D eigenvalue weighted by Crippen LogP contribution is -2.33. The molecule has 0 bridgehead atoms. The maximum atomic E-state index is 12.8. The van der Waals surface area contributed by atoms with E-state index in [1.165, 1.54) is 11.1 Å². The van der Waals surface area contributed by atoms with Gasteiger partial charge in [0.25, 0.3) is 0 Å². The van der Waals surface area contributed by atoms with Crippen LogP contribution < -0.4 is 5.73 Å². The molecule has 3 atom stereocenters. The Morgan fingerprint density at radius 1 is 1.08 bits per heavy atom. The fraction of sp³-hybridized carbons (Fsp3) is 0.381. The van der Waals surface area contributed by atoms with Crippen molar-refractivity contribution in [3.63, 3.8) is 0 Å². The van der Waals surface area contributed by atoms with Crippen molar-refractivity contribution in [3.05, 3.63) is 71.3 Å². The minimum Gasteiger partial charge on any atom is -0.373 e. The summed E-state index contributed by atoms with van der Waals surface area (Å²) in [6.07, 6.45) is 1.18. The lowest BCUT2D eigenvalue weighted by atomic mass is 9.95. The number of amides is 1. The molecule has 2 N–H and O–H groups in total. The van der Waals surface area contributed by atoms with E-state index in [1.54, 1.807) is 0 Å². The van der Waals surface area contributed by atoms with Gasteiger partial charge >= 0.3 is 0 Å². The molecule has 0 radical (unpaired) electrons. The van der Waals surface area contributed by atoms with Crippen LogP contribution in [-0.2, 0) is 16.0 Å². The molecule has 1 amide bonds. The largest absolute Gasteiger partial charge is 0.373 e. The highest BCUT2D eigenvalue weighted by Crippen LogP contribution is 2.32. The predicted molar refractivity (Wildman–Crippen MR) is 97.2 cm³/mol. The maximum Gasteiger partial charge on any atom is 0.225 e. The van der Waals surface area contributed by atoms with Gasteiger partial charge in [0.05, 0.1) is 19.1 Å². The minimum atomic E-state index is -0.135. The summed E-state index contributed by atoms with van der Waals surface area (Å²) < 4.78 is 5.89. The van der Waals surface area contributed by atoms with Gasteiger partial charge in [-0.2, -0.15) is 0 Å². The fourth-order valence-corrected chi connectivity index (χ4v) is 4.02. The Balaban J connectivity index is 1.44. The van der Waals surface area contributed by atoms with E-state index in [4.69, 9.17) is 10.5 Å². The van der Waals surface area contributed by atoms with E-state index in [0.717, 1.165) is 12.0 Å². The number of likely N-dealkylation sites (tertiary alicyclic amines) is 1.